The highest BCUT2D eigenvalue weighted by atomic mass is 16.5. The van der Waals surface area contributed by atoms with Crippen molar-refractivity contribution in [3.63, 3.8) is 0 Å². The van der Waals surface area contributed by atoms with Crippen molar-refractivity contribution in [3.05, 3.63) is 0 Å². The van der Waals surface area contributed by atoms with Gasteiger partial charge in [-0.1, -0.05) is 0 Å². The molecule has 0 aromatic heterocycles. The predicted octanol–water partition coefficient (Wildman–Crippen LogP) is 0.508. The maximum absolute atomic E-state index is 5.82. The maximum Gasteiger partial charge on any atom is 0.191 e. The third-order valence-corrected chi connectivity index (χ3v) is 3.34. The summed E-state index contributed by atoms with van der Waals surface area (Å²) < 4.78 is 10.8. The number of aliphatic imine (C=N–C) groups is 1. The Morgan fingerprint density at radius 2 is 2.35 bits per heavy atom. The summed E-state index contributed by atoms with van der Waals surface area (Å²) >= 11 is 0. The highest BCUT2D eigenvalue weighted by molar-refractivity contribution is 5.80. The van der Waals surface area contributed by atoms with Gasteiger partial charge in [0.05, 0.1) is 31.4 Å². The van der Waals surface area contributed by atoms with Crippen LogP contribution in [0.2, 0.25) is 0 Å². The number of guanidine groups is 1. The second-order valence-corrected chi connectivity index (χ2v) is 4.61. The van der Waals surface area contributed by atoms with Gasteiger partial charge in [-0.3, -0.25) is 4.99 Å². The van der Waals surface area contributed by atoms with Gasteiger partial charge in [0.2, 0.25) is 0 Å². The summed E-state index contributed by atoms with van der Waals surface area (Å²) in [6.07, 6.45) is 4.37. The standard InChI is InChI=1S/C12H23N3O2/c1-3-13-12(14-6-7-16-2)15-10-8-9-4-5-11(10)17-9/h9-11H,3-8H2,1-2H3,(H2,13,14,15). The summed E-state index contributed by atoms with van der Waals surface area (Å²) in [5.74, 6) is 0.880. The smallest absolute Gasteiger partial charge is 0.191 e. The lowest BCUT2D eigenvalue weighted by atomic mass is 9.96. The summed E-state index contributed by atoms with van der Waals surface area (Å²) in [7, 11) is 1.69. The Labute approximate surface area is 103 Å². The minimum Gasteiger partial charge on any atom is -0.383 e. The second-order valence-electron chi connectivity index (χ2n) is 4.61. The number of ether oxygens (including phenoxy) is 2. The van der Waals surface area contributed by atoms with E-state index in [2.05, 4.69) is 22.5 Å². The molecule has 17 heavy (non-hydrogen) atoms. The van der Waals surface area contributed by atoms with Crippen LogP contribution < -0.4 is 10.6 Å². The Morgan fingerprint density at radius 1 is 1.47 bits per heavy atom. The van der Waals surface area contributed by atoms with Gasteiger partial charge >= 0.3 is 0 Å². The van der Waals surface area contributed by atoms with E-state index < -0.39 is 0 Å². The first-order chi connectivity index (χ1) is 8.33. The molecule has 0 saturated carbocycles. The Bertz CT molecular complexity index is 270. The average molecular weight is 241 g/mol. The van der Waals surface area contributed by atoms with Crippen LogP contribution in [0.1, 0.15) is 26.2 Å². The lowest BCUT2D eigenvalue weighted by Gasteiger charge is -2.22. The van der Waals surface area contributed by atoms with E-state index in [1.165, 1.54) is 12.8 Å². The number of nitrogens with one attached hydrogen (secondary N) is 2. The summed E-state index contributed by atoms with van der Waals surface area (Å²) in [6, 6.07) is 0.425. The molecule has 2 saturated heterocycles. The van der Waals surface area contributed by atoms with E-state index in [0.717, 1.165) is 18.9 Å². The molecule has 2 heterocycles. The number of fused-ring (bicyclic) bond motifs is 2. The molecule has 0 amide bonds. The van der Waals surface area contributed by atoms with Gasteiger partial charge in [-0.05, 0) is 26.2 Å². The van der Waals surface area contributed by atoms with Gasteiger partial charge < -0.3 is 20.1 Å². The Morgan fingerprint density at radius 3 is 2.94 bits per heavy atom. The second kappa shape index (κ2) is 6.21. The fourth-order valence-electron chi connectivity index (χ4n) is 2.53. The van der Waals surface area contributed by atoms with E-state index in [0.29, 0.717) is 31.4 Å². The monoisotopic (exact) mass is 241 g/mol. The van der Waals surface area contributed by atoms with Crippen molar-refractivity contribution in [1.82, 2.24) is 10.6 Å². The van der Waals surface area contributed by atoms with Gasteiger partial charge in [-0.15, -0.1) is 0 Å². The minimum absolute atomic E-state index is 0.381. The van der Waals surface area contributed by atoms with Crippen LogP contribution in [0.15, 0.2) is 4.99 Å². The highest BCUT2D eigenvalue weighted by Gasteiger charge is 2.41. The first-order valence-corrected chi connectivity index (χ1v) is 6.52. The molecule has 5 heteroatoms. The lowest BCUT2D eigenvalue weighted by Crippen LogP contribution is -2.47. The van der Waals surface area contributed by atoms with E-state index in [9.17, 15) is 0 Å². The summed E-state index contributed by atoms with van der Waals surface area (Å²) in [6.45, 7) is 4.29. The molecule has 2 bridgehead atoms. The van der Waals surface area contributed by atoms with Gasteiger partial charge in [0, 0.05) is 13.7 Å². The van der Waals surface area contributed by atoms with Crippen LogP contribution in [0.25, 0.3) is 0 Å². The Kier molecular flexibility index (Phi) is 4.62. The average Bonchev–Trinajstić information content (AvgIpc) is 2.91. The third kappa shape index (κ3) is 3.33. The van der Waals surface area contributed by atoms with Crippen molar-refractivity contribution in [2.45, 2.75) is 44.4 Å². The molecule has 2 N–H and O–H groups in total. The maximum atomic E-state index is 5.82. The number of methoxy groups -OCH3 is 1. The van der Waals surface area contributed by atoms with E-state index >= 15 is 0 Å². The van der Waals surface area contributed by atoms with Crippen LogP contribution in [0.4, 0.5) is 0 Å². The minimum atomic E-state index is 0.381. The Balaban J connectivity index is 1.82. The van der Waals surface area contributed by atoms with Crippen LogP contribution in [0.5, 0.6) is 0 Å². The molecule has 0 aromatic carbocycles. The van der Waals surface area contributed by atoms with Crippen LogP contribution >= 0.6 is 0 Å². The van der Waals surface area contributed by atoms with E-state index in [4.69, 9.17) is 9.47 Å². The summed E-state index contributed by atoms with van der Waals surface area (Å²) in [5, 5.41) is 6.72. The molecule has 5 nitrogen and oxygen atoms in total. The molecule has 0 aromatic rings. The zero-order valence-corrected chi connectivity index (χ0v) is 10.7. The van der Waals surface area contributed by atoms with Crippen molar-refractivity contribution < 1.29 is 9.47 Å². The van der Waals surface area contributed by atoms with Gasteiger partial charge in [0.1, 0.15) is 0 Å². The van der Waals surface area contributed by atoms with Crippen LogP contribution in [0, 0.1) is 0 Å². The van der Waals surface area contributed by atoms with Crippen LogP contribution in [0.3, 0.4) is 0 Å². The fourth-order valence-corrected chi connectivity index (χ4v) is 2.53. The van der Waals surface area contributed by atoms with Crippen molar-refractivity contribution >= 4 is 5.96 Å². The predicted molar refractivity (Wildman–Crippen MR) is 67.3 cm³/mol. The molecule has 98 valence electrons. The zero-order chi connectivity index (χ0) is 12.1. The SMILES string of the molecule is CCNC(=NCCOC)NC1CC2CCC1O2. The van der Waals surface area contributed by atoms with Crippen molar-refractivity contribution in [1.29, 1.82) is 0 Å². The fraction of sp³-hybridized carbons (Fsp3) is 0.917. The number of hydrogen-bond acceptors (Lipinski definition) is 3. The van der Waals surface area contributed by atoms with Gasteiger partial charge in [-0.2, -0.15) is 0 Å². The largest absolute Gasteiger partial charge is 0.383 e. The molecule has 0 aliphatic carbocycles. The van der Waals surface area contributed by atoms with Gasteiger partial charge in [0.25, 0.3) is 0 Å². The number of hydrogen-bond donors (Lipinski definition) is 2. The summed E-state index contributed by atoms with van der Waals surface area (Å²) in [5.41, 5.74) is 0. The molecule has 0 spiro atoms. The molecular weight excluding hydrogens is 218 g/mol. The first kappa shape index (κ1) is 12.6. The highest BCUT2D eigenvalue weighted by Crippen LogP contribution is 2.34. The first-order valence-electron chi connectivity index (χ1n) is 6.52. The molecule has 3 unspecified atom stereocenters. The third-order valence-electron chi connectivity index (χ3n) is 3.34. The molecule has 2 aliphatic rings. The quantitative estimate of drug-likeness (QED) is 0.418. The van der Waals surface area contributed by atoms with E-state index in [-0.39, 0.29) is 0 Å². The Hall–Kier alpha value is -0.810. The van der Waals surface area contributed by atoms with Crippen molar-refractivity contribution in [2.75, 3.05) is 26.8 Å². The molecule has 2 aliphatic heterocycles. The van der Waals surface area contributed by atoms with Crippen LogP contribution in [-0.4, -0.2) is 51.0 Å². The topological polar surface area (TPSA) is 54.9 Å². The van der Waals surface area contributed by atoms with Gasteiger partial charge in [-0.25, -0.2) is 0 Å². The summed E-state index contributed by atoms with van der Waals surface area (Å²) in [4.78, 5) is 4.46. The zero-order valence-electron chi connectivity index (χ0n) is 10.7. The number of nitrogens with zero attached hydrogens (tertiary/aromatic N) is 1. The van der Waals surface area contributed by atoms with Crippen molar-refractivity contribution in [3.8, 4) is 0 Å². The lowest BCUT2D eigenvalue weighted by molar-refractivity contribution is 0.0992. The molecule has 2 rings (SSSR count). The van der Waals surface area contributed by atoms with E-state index in [1.807, 2.05) is 0 Å². The van der Waals surface area contributed by atoms with Crippen LogP contribution in [-0.2, 0) is 9.47 Å². The number of rotatable bonds is 5. The molecule has 3 atom stereocenters. The normalized spacial score (nSPS) is 31.9. The van der Waals surface area contributed by atoms with Gasteiger partial charge in [0.15, 0.2) is 5.96 Å². The molecule has 2 fully saturated rings. The molecule has 0 radical (unpaired) electrons. The van der Waals surface area contributed by atoms with E-state index in [1.54, 1.807) is 7.11 Å². The molecular formula is C12H23N3O2. The van der Waals surface area contributed by atoms with Crippen molar-refractivity contribution in [2.24, 2.45) is 4.99 Å².